The van der Waals surface area contributed by atoms with Crippen LogP contribution in [0.25, 0.3) is 0 Å². The van der Waals surface area contributed by atoms with Gasteiger partial charge in [-0.25, -0.2) is 13.1 Å². The minimum absolute atomic E-state index is 0.178. The highest BCUT2D eigenvalue weighted by Gasteiger charge is 2.37. The number of hydrogen-bond donors (Lipinski definition) is 1. The van der Waals surface area contributed by atoms with Crippen LogP contribution in [0.4, 0.5) is 0 Å². The number of aliphatic hydroxyl groups excluding tert-OH is 1. The Balaban J connectivity index is 1.53. The van der Waals surface area contributed by atoms with Gasteiger partial charge in [-0.15, -0.1) is 0 Å². The molecule has 1 saturated carbocycles. The molecule has 0 spiro atoms. The van der Waals surface area contributed by atoms with Crippen LogP contribution in [0.1, 0.15) is 97.7 Å². The molecular formula is C26H36N2O6S. The van der Waals surface area contributed by atoms with E-state index >= 15 is 0 Å². The first kappa shape index (κ1) is 24.9. The monoisotopic (exact) mass is 504 g/mol. The maximum Gasteiger partial charge on any atom is 0.175 e. The van der Waals surface area contributed by atoms with Gasteiger partial charge < -0.3 is 19.3 Å². The molecule has 9 heteroatoms. The smallest absolute Gasteiger partial charge is 0.175 e. The van der Waals surface area contributed by atoms with E-state index < -0.39 is 15.9 Å². The van der Waals surface area contributed by atoms with Crippen molar-refractivity contribution in [1.82, 2.24) is 9.78 Å². The second-order valence-corrected chi connectivity index (χ2v) is 12.1. The molecule has 1 aromatic heterocycles. The van der Waals surface area contributed by atoms with Crippen LogP contribution in [0.5, 0.6) is 0 Å². The number of sulfone groups is 1. The predicted octanol–water partition coefficient (Wildman–Crippen LogP) is 4.30. The standard InChI is InChI=1S/C26H36N2O6S/c1-17-15-19(11-12-21(17)35(2,30)31)26(29)24-20(16-34-23-8-4-6-14-33-23)28(22-7-3-5-13-32-22)27-25(24)18-9-10-18/h11-12,15,18,22-23,26,29H,3-10,13-14,16H2,1-2H3. The van der Waals surface area contributed by atoms with Crippen molar-refractivity contribution in [3.8, 4) is 0 Å². The van der Waals surface area contributed by atoms with Gasteiger partial charge in [0.1, 0.15) is 6.10 Å². The summed E-state index contributed by atoms with van der Waals surface area (Å²) in [5.74, 6) is 0.311. The number of aryl methyl sites for hydroxylation is 1. The van der Waals surface area contributed by atoms with E-state index in [4.69, 9.17) is 19.3 Å². The molecule has 0 bridgehead atoms. The number of aromatic nitrogens is 2. The molecule has 1 N–H and O–H groups in total. The maximum absolute atomic E-state index is 12.1. The second kappa shape index (κ2) is 10.3. The van der Waals surface area contributed by atoms with Gasteiger partial charge in [-0.05, 0) is 75.5 Å². The molecule has 3 unspecified atom stereocenters. The lowest BCUT2D eigenvalue weighted by Gasteiger charge is -2.27. The van der Waals surface area contributed by atoms with Crippen LogP contribution in [-0.2, 0) is 30.7 Å². The molecule has 35 heavy (non-hydrogen) atoms. The van der Waals surface area contributed by atoms with E-state index in [2.05, 4.69) is 0 Å². The molecule has 0 amide bonds. The number of benzene rings is 1. The summed E-state index contributed by atoms with van der Waals surface area (Å²) in [4.78, 5) is 0.278. The first-order chi connectivity index (χ1) is 16.8. The number of nitrogens with zero attached hydrogens (tertiary/aromatic N) is 2. The van der Waals surface area contributed by atoms with Crippen molar-refractivity contribution < 1.29 is 27.7 Å². The zero-order valence-corrected chi connectivity index (χ0v) is 21.4. The van der Waals surface area contributed by atoms with Crippen molar-refractivity contribution in [3.63, 3.8) is 0 Å². The van der Waals surface area contributed by atoms with E-state index in [1.54, 1.807) is 25.1 Å². The average molecular weight is 505 g/mol. The van der Waals surface area contributed by atoms with Crippen LogP contribution in [0.2, 0.25) is 0 Å². The van der Waals surface area contributed by atoms with Crippen LogP contribution in [0.3, 0.4) is 0 Å². The van der Waals surface area contributed by atoms with Crippen molar-refractivity contribution in [2.45, 2.75) is 94.3 Å². The molecule has 2 saturated heterocycles. The number of hydrogen-bond acceptors (Lipinski definition) is 7. The summed E-state index contributed by atoms with van der Waals surface area (Å²) >= 11 is 0. The van der Waals surface area contributed by atoms with Crippen molar-refractivity contribution in [2.75, 3.05) is 19.5 Å². The van der Waals surface area contributed by atoms with E-state index in [0.29, 0.717) is 30.3 Å². The molecule has 1 aliphatic carbocycles. The molecule has 3 heterocycles. The van der Waals surface area contributed by atoms with Gasteiger partial charge in [0.25, 0.3) is 0 Å². The van der Waals surface area contributed by atoms with Crippen molar-refractivity contribution >= 4 is 9.84 Å². The molecule has 2 aromatic rings. The van der Waals surface area contributed by atoms with Crippen molar-refractivity contribution in [2.24, 2.45) is 0 Å². The van der Waals surface area contributed by atoms with Gasteiger partial charge in [0.05, 0.1) is 22.9 Å². The van der Waals surface area contributed by atoms with Crippen molar-refractivity contribution in [1.29, 1.82) is 0 Å². The zero-order valence-electron chi connectivity index (χ0n) is 20.6. The summed E-state index contributed by atoms with van der Waals surface area (Å²) in [6.45, 7) is 3.43. The van der Waals surface area contributed by atoms with Crippen LogP contribution >= 0.6 is 0 Å². The highest BCUT2D eigenvalue weighted by Crippen LogP contribution is 2.45. The Hall–Kier alpha value is -1.78. The topological polar surface area (TPSA) is 99.9 Å². The highest BCUT2D eigenvalue weighted by atomic mass is 32.2. The van der Waals surface area contributed by atoms with E-state index in [-0.39, 0.29) is 24.0 Å². The molecule has 192 valence electrons. The van der Waals surface area contributed by atoms with E-state index in [1.807, 2.05) is 4.68 Å². The van der Waals surface area contributed by atoms with Gasteiger partial charge >= 0.3 is 0 Å². The lowest BCUT2D eigenvalue weighted by molar-refractivity contribution is -0.171. The summed E-state index contributed by atoms with van der Waals surface area (Å²) in [6.07, 6.45) is 7.86. The largest absolute Gasteiger partial charge is 0.384 e. The molecule has 8 nitrogen and oxygen atoms in total. The Bertz CT molecular complexity index is 1140. The van der Waals surface area contributed by atoms with E-state index in [1.165, 1.54) is 6.26 Å². The van der Waals surface area contributed by atoms with Gasteiger partial charge in [0.2, 0.25) is 0 Å². The average Bonchev–Trinajstić information content (AvgIpc) is 3.63. The maximum atomic E-state index is 12.1. The Morgan fingerprint density at radius 3 is 2.46 bits per heavy atom. The predicted molar refractivity (Wildman–Crippen MR) is 130 cm³/mol. The Morgan fingerprint density at radius 2 is 1.86 bits per heavy atom. The van der Waals surface area contributed by atoms with Gasteiger partial charge in [-0.1, -0.05) is 12.1 Å². The molecule has 3 atom stereocenters. The summed E-state index contributed by atoms with van der Waals surface area (Å²) in [6, 6.07) is 5.05. The zero-order chi connectivity index (χ0) is 24.6. The third-order valence-corrected chi connectivity index (χ3v) is 8.46. The third-order valence-electron chi connectivity index (χ3n) is 7.20. The molecule has 3 fully saturated rings. The van der Waals surface area contributed by atoms with Gasteiger partial charge in [0, 0.05) is 31.0 Å². The van der Waals surface area contributed by atoms with Crippen LogP contribution in [0, 0.1) is 6.92 Å². The molecule has 0 radical (unpaired) electrons. The number of aliphatic hydroxyl groups is 1. The van der Waals surface area contributed by atoms with Gasteiger partial charge in [0.15, 0.2) is 22.4 Å². The van der Waals surface area contributed by atoms with Crippen LogP contribution in [-0.4, -0.2) is 49.1 Å². The van der Waals surface area contributed by atoms with Gasteiger partial charge in [-0.3, -0.25) is 0 Å². The summed E-state index contributed by atoms with van der Waals surface area (Å²) < 4.78 is 44.2. The third kappa shape index (κ3) is 5.49. The summed E-state index contributed by atoms with van der Waals surface area (Å²) in [5.41, 5.74) is 3.76. The number of ether oxygens (including phenoxy) is 3. The lowest BCUT2D eigenvalue weighted by Crippen LogP contribution is -2.25. The molecule has 3 aliphatic rings. The van der Waals surface area contributed by atoms with Gasteiger partial charge in [-0.2, -0.15) is 5.10 Å². The normalized spacial score (nSPS) is 24.4. The molecular weight excluding hydrogens is 468 g/mol. The van der Waals surface area contributed by atoms with Crippen molar-refractivity contribution in [3.05, 3.63) is 46.3 Å². The Morgan fingerprint density at radius 1 is 1.11 bits per heavy atom. The first-order valence-electron chi connectivity index (χ1n) is 12.8. The number of rotatable bonds is 8. The Kier molecular flexibility index (Phi) is 7.33. The molecule has 2 aliphatic heterocycles. The molecule has 1 aromatic carbocycles. The second-order valence-electron chi connectivity index (χ2n) is 10.1. The Labute approximate surface area is 207 Å². The fourth-order valence-electron chi connectivity index (χ4n) is 5.20. The van der Waals surface area contributed by atoms with Crippen LogP contribution < -0.4 is 0 Å². The minimum atomic E-state index is -3.34. The minimum Gasteiger partial charge on any atom is -0.384 e. The summed E-state index contributed by atoms with van der Waals surface area (Å²) in [7, 11) is -3.34. The quantitative estimate of drug-likeness (QED) is 0.572. The lowest BCUT2D eigenvalue weighted by atomic mass is 9.96. The SMILES string of the molecule is Cc1cc(C(O)c2c(C3CC3)nn(C3CCCCO3)c2COC2CCCCO2)ccc1S(C)(=O)=O. The fraction of sp³-hybridized carbons (Fsp3) is 0.654. The highest BCUT2D eigenvalue weighted by molar-refractivity contribution is 7.90. The van der Waals surface area contributed by atoms with Crippen LogP contribution in [0.15, 0.2) is 23.1 Å². The summed E-state index contributed by atoms with van der Waals surface area (Å²) in [5, 5.41) is 16.7. The van der Waals surface area contributed by atoms with E-state index in [9.17, 15) is 13.5 Å². The molecule has 5 rings (SSSR count). The fourth-order valence-corrected chi connectivity index (χ4v) is 6.16. The first-order valence-corrected chi connectivity index (χ1v) is 14.7. The van der Waals surface area contributed by atoms with E-state index in [0.717, 1.165) is 68.3 Å².